The number of benzene rings is 2. The van der Waals surface area contributed by atoms with Gasteiger partial charge in [-0.3, -0.25) is 10.1 Å². The lowest BCUT2D eigenvalue weighted by atomic mass is 10.0. The molecule has 0 fully saturated rings. The first kappa shape index (κ1) is 18.0. The molecule has 124 valence electrons. The van der Waals surface area contributed by atoms with Crippen molar-refractivity contribution in [3.05, 3.63) is 73.8 Å². The summed E-state index contributed by atoms with van der Waals surface area (Å²) in [6.45, 7) is 3.65. The van der Waals surface area contributed by atoms with E-state index < -0.39 is 10.9 Å². The first-order valence-electron chi connectivity index (χ1n) is 6.89. The molecule has 0 heterocycles. The van der Waals surface area contributed by atoms with Gasteiger partial charge < -0.3 is 4.74 Å². The predicted octanol–water partition coefficient (Wildman–Crippen LogP) is 5.29. The molecule has 0 aliphatic heterocycles. The van der Waals surface area contributed by atoms with E-state index in [-0.39, 0.29) is 15.7 Å². The van der Waals surface area contributed by atoms with Crippen LogP contribution < -0.4 is 4.74 Å². The normalized spacial score (nSPS) is 10.2. The molecule has 0 saturated heterocycles. The van der Waals surface area contributed by atoms with Crippen molar-refractivity contribution in [2.75, 3.05) is 0 Å². The van der Waals surface area contributed by atoms with Gasteiger partial charge in [0.25, 0.3) is 5.69 Å². The molecule has 0 bridgehead atoms. The maximum atomic E-state index is 12.1. The second-order valence-corrected chi connectivity index (χ2v) is 6.01. The van der Waals surface area contributed by atoms with E-state index in [1.807, 2.05) is 6.92 Å². The molecule has 0 aliphatic carbocycles. The molecule has 0 saturated carbocycles. The van der Waals surface area contributed by atoms with Crippen LogP contribution in [-0.4, -0.2) is 10.9 Å². The van der Waals surface area contributed by atoms with Gasteiger partial charge in [-0.2, -0.15) is 0 Å². The van der Waals surface area contributed by atoms with Crippen LogP contribution in [0.5, 0.6) is 5.75 Å². The predicted molar refractivity (Wildman–Crippen MR) is 93.5 cm³/mol. The Morgan fingerprint density at radius 1 is 1.12 bits per heavy atom. The summed E-state index contributed by atoms with van der Waals surface area (Å²) >= 11 is 11.6. The Labute approximate surface area is 148 Å². The minimum absolute atomic E-state index is 0.0957. The van der Waals surface area contributed by atoms with Gasteiger partial charge in [0.1, 0.15) is 10.2 Å². The lowest BCUT2D eigenvalue weighted by Crippen LogP contribution is -2.08. The molecule has 0 amide bonds. The number of nitrogens with zero attached hydrogens (tertiary/aromatic N) is 1. The maximum Gasteiger partial charge on any atom is 0.343 e. The molecule has 0 atom stereocenters. The van der Waals surface area contributed by atoms with Gasteiger partial charge in [-0.15, -0.1) is 0 Å². The van der Waals surface area contributed by atoms with Gasteiger partial charge >= 0.3 is 5.97 Å². The van der Waals surface area contributed by atoms with Crippen LogP contribution in [0.25, 0.3) is 5.57 Å². The number of hydrogen-bond donors (Lipinski definition) is 0. The van der Waals surface area contributed by atoms with E-state index >= 15 is 0 Å². The van der Waals surface area contributed by atoms with E-state index in [1.54, 1.807) is 25.1 Å². The largest absolute Gasteiger partial charge is 0.423 e. The zero-order valence-electron chi connectivity index (χ0n) is 12.9. The van der Waals surface area contributed by atoms with Gasteiger partial charge in [0.05, 0.1) is 10.5 Å². The number of nitro benzene ring substituents is 1. The van der Waals surface area contributed by atoms with Crippen molar-refractivity contribution in [3.63, 3.8) is 0 Å². The zero-order chi connectivity index (χ0) is 17.9. The number of ether oxygens (including phenoxy) is 1. The van der Waals surface area contributed by atoms with Crippen LogP contribution >= 0.6 is 23.2 Å². The summed E-state index contributed by atoms with van der Waals surface area (Å²) in [5.74, 6) is -0.286. The highest BCUT2D eigenvalue weighted by Gasteiger charge is 2.13. The van der Waals surface area contributed by atoms with Crippen LogP contribution in [-0.2, 0) is 0 Å². The summed E-state index contributed by atoms with van der Waals surface area (Å²) in [6, 6.07) is 10.3. The molecule has 24 heavy (non-hydrogen) atoms. The fraction of sp³-hybridized carbons (Fsp3) is 0.118. The van der Waals surface area contributed by atoms with E-state index in [2.05, 4.69) is 0 Å². The lowest BCUT2D eigenvalue weighted by molar-refractivity contribution is -0.384. The van der Waals surface area contributed by atoms with Gasteiger partial charge in [0.15, 0.2) is 0 Å². The number of rotatable bonds is 4. The third kappa shape index (κ3) is 4.13. The van der Waals surface area contributed by atoms with Crippen LogP contribution in [0, 0.1) is 17.0 Å². The minimum Gasteiger partial charge on any atom is -0.423 e. The van der Waals surface area contributed by atoms with Crippen molar-refractivity contribution in [1.82, 2.24) is 0 Å². The van der Waals surface area contributed by atoms with Crippen LogP contribution in [0.3, 0.4) is 0 Å². The molecule has 0 unspecified atom stereocenters. The van der Waals surface area contributed by atoms with Crippen molar-refractivity contribution < 1.29 is 14.5 Å². The van der Waals surface area contributed by atoms with E-state index in [4.69, 9.17) is 27.9 Å². The summed E-state index contributed by atoms with van der Waals surface area (Å²) in [5, 5.41) is 10.6. The molecule has 5 nitrogen and oxygen atoms in total. The number of hydrogen-bond acceptors (Lipinski definition) is 4. The Kier molecular flexibility index (Phi) is 5.59. The van der Waals surface area contributed by atoms with Gasteiger partial charge in [-0.1, -0.05) is 29.3 Å². The number of aryl methyl sites for hydroxylation is 1. The number of esters is 1. The van der Waals surface area contributed by atoms with Gasteiger partial charge in [-0.25, -0.2) is 4.79 Å². The second kappa shape index (κ2) is 7.47. The third-order valence-electron chi connectivity index (χ3n) is 3.42. The number of halogens is 2. The Bertz CT molecular complexity index is 825. The van der Waals surface area contributed by atoms with E-state index in [9.17, 15) is 14.9 Å². The molecule has 0 spiro atoms. The Hall–Kier alpha value is -2.37. The van der Waals surface area contributed by atoms with Crippen molar-refractivity contribution >= 4 is 40.4 Å². The fourth-order valence-corrected chi connectivity index (χ4v) is 2.26. The summed E-state index contributed by atoms with van der Waals surface area (Å²) < 4.78 is 5.44. The number of allylic oxidation sites excluding steroid dienone is 1. The van der Waals surface area contributed by atoms with Gasteiger partial charge in [0, 0.05) is 12.1 Å². The topological polar surface area (TPSA) is 69.4 Å². The molecule has 0 radical (unpaired) electrons. The molecule has 0 aliphatic rings. The lowest BCUT2D eigenvalue weighted by Gasteiger charge is -2.10. The highest BCUT2D eigenvalue weighted by Crippen LogP contribution is 2.29. The van der Waals surface area contributed by atoms with Crippen LogP contribution in [0.2, 0.25) is 0 Å². The smallest absolute Gasteiger partial charge is 0.343 e. The first-order valence-corrected chi connectivity index (χ1v) is 7.64. The summed E-state index contributed by atoms with van der Waals surface area (Å²) in [5.41, 5.74) is 2.49. The fourth-order valence-electron chi connectivity index (χ4n) is 2.06. The average molecular weight is 366 g/mol. The quantitative estimate of drug-likeness (QED) is 0.319. The third-order valence-corrected chi connectivity index (χ3v) is 3.99. The van der Waals surface area contributed by atoms with E-state index in [1.165, 1.54) is 24.3 Å². The second-order valence-electron chi connectivity index (χ2n) is 5.06. The maximum absolute atomic E-state index is 12.1. The number of carbonyl (C=O) groups excluding carboxylic acids is 1. The molecule has 0 aromatic heterocycles. The highest BCUT2D eigenvalue weighted by atomic mass is 35.5. The van der Waals surface area contributed by atoms with Gasteiger partial charge in [-0.05, 0) is 54.8 Å². The van der Waals surface area contributed by atoms with Crippen LogP contribution in [0.15, 0.2) is 47.0 Å². The minimum atomic E-state index is -0.613. The zero-order valence-corrected chi connectivity index (χ0v) is 14.4. The molecule has 2 aromatic carbocycles. The van der Waals surface area contributed by atoms with Gasteiger partial charge in [0.2, 0.25) is 0 Å². The van der Waals surface area contributed by atoms with Crippen LogP contribution in [0.4, 0.5) is 5.69 Å². The highest BCUT2D eigenvalue weighted by molar-refractivity contribution is 6.58. The summed E-state index contributed by atoms with van der Waals surface area (Å²) in [4.78, 5) is 22.2. The van der Waals surface area contributed by atoms with Crippen molar-refractivity contribution in [2.45, 2.75) is 13.8 Å². The Morgan fingerprint density at radius 3 is 2.29 bits per heavy atom. The van der Waals surface area contributed by atoms with Crippen molar-refractivity contribution in [1.29, 1.82) is 0 Å². The number of non-ortho nitro benzene ring substituents is 1. The van der Waals surface area contributed by atoms with Crippen molar-refractivity contribution in [3.8, 4) is 5.75 Å². The SMILES string of the molecule is CC(=C(Cl)Cl)c1cc(OC(=O)c2ccc([N+](=O)[O-])cc2)ccc1C. The standard InChI is InChI=1S/C17H13Cl2NO4/c1-10-3-8-14(9-15(10)11(2)16(18)19)24-17(21)12-4-6-13(7-5-12)20(22)23/h3-9H,1-2H3. The molecule has 0 N–H and O–H groups in total. The summed E-state index contributed by atoms with van der Waals surface area (Å²) in [7, 11) is 0. The molecule has 7 heteroatoms. The molecule has 2 aromatic rings. The Balaban J connectivity index is 2.24. The molecular weight excluding hydrogens is 353 g/mol. The molecule has 2 rings (SSSR count). The van der Waals surface area contributed by atoms with Crippen LogP contribution in [0.1, 0.15) is 28.4 Å². The average Bonchev–Trinajstić information content (AvgIpc) is 2.55. The monoisotopic (exact) mass is 365 g/mol. The molecular formula is C17H13Cl2NO4. The van der Waals surface area contributed by atoms with E-state index in [0.29, 0.717) is 11.3 Å². The number of nitro groups is 1. The first-order chi connectivity index (χ1) is 11.3. The number of carbonyl (C=O) groups is 1. The van der Waals surface area contributed by atoms with E-state index in [0.717, 1.165) is 11.1 Å². The van der Waals surface area contributed by atoms with Crippen molar-refractivity contribution in [2.24, 2.45) is 0 Å². The Morgan fingerprint density at radius 2 is 1.75 bits per heavy atom. The summed E-state index contributed by atoms with van der Waals surface area (Å²) in [6.07, 6.45) is 0.